The number of piperazine rings is 1. The molecule has 2 aromatic carbocycles. The molecule has 1 amide bonds. The van der Waals surface area contributed by atoms with Crippen molar-refractivity contribution >= 4 is 32.6 Å². The summed E-state index contributed by atoms with van der Waals surface area (Å²) < 4.78 is 30.3. The maximum Gasteiger partial charge on any atom is 0.254 e. The predicted molar refractivity (Wildman–Crippen MR) is 114 cm³/mol. The number of rotatable bonds is 5. The number of carbonyl (C=O) groups is 1. The van der Waals surface area contributed by atoms with Crippen LogP contribution in [0.15, 0.2) is 30.3 Å². The van der Waals surface area contributed by atoms with Gasteiger partial charge >= 0.3 is 0 Å². The van der Waals surface area contributed by atoms with Crippen LogP contribution in [0.25, 0.3) is 10.2 Å². The van der Waals surface area contributed by atoms with Gasteiger partial charge in [0.05, 0.1) is 31.5 Å². The summed E-state index contributed by atoms with van der Waals surface area (Å²) in [7, 11) is 4.57. The zero-order chi connectivity index (χ0) is 21.3. The first kappa shape index (κ1) is 20.2. The molecule has 0 unspecified atom stereocenters. The molecule has 1 aliphatic heterocycles. The molecular weight excluding hydrogens is 409 g/mol. The molecule has 0 bridgehead atoms. The summed E-state index contributed by atoms with van der Waals surface area (Å²) in [5.74, 6) is 0.980. The number of anilines is 1. The van der Waals surface area contributed by atoms with Gasteiger partial charge in [-0.1, -0.05) is 11.3 Å². The summed E-state index contributed by atoms with van der Waals surface area (Å²) in [4.78, 5) is 21.6. The molecule has 0 spiro atoms. The highest BCUT2D eigenvalue weighted by molar-refractivity contribution is 7.22. The number of fused-ring (bicyclic) bond motifs is 1. The minimum Gasteiger partial charge on any atom is -0.493 e. The van der Waals surface area contributed by atoms with E-state index in [1.807, 2.05) is 0 Å². The van der Waals surface area contributed by atoms with E-state index in [1.165, 1.54) is 44.8 Å². The first-order valence-electron chi connectivity index (χ1n) is 9.44. The Morgan fingerprint density at radius 3 is 2.27 bits per heavy atom. The van der Waals surface area contributed by atoms with Gasteiger partial charge in [-0.15, -0.1) is 0 Å². The van der Waals surface area contributed by atoms with E-state index in [1.54, 1.807) is 23.1 Å². The number of hydrogen-bond acceptors (Lipinski definition) is 7. The Hall–Kier alpha value is -3.07. The van der Waals surface area contributed by atoms with Crippen molar-refractivity contribution < 1.29 is 23.4 Å². The van der Waals surface area contributed by atoms with E-state index in [0.717, 1.165) is 15.3 Å². The molecule has 158 valence electrons. The third kappa shape index (κ3) is 3.72. The summed E-state index contributed by atoms with van der Waals surface area (Å²) in [6.07, 6.45) is 0. The molecule has 2 heterocycles. The number of ether oxygens (including phenoxy) is 3. The van der Waals surface area contributed by atoms with Crippen molar-refractivity contribution in [1.29, 1.82) is 0 Å². The molecule has 1 aromatic heterocycles. The van der Waals surface area contributed by atoms with Crippen molar-refractivity contribution in [3.05, 3.63) is 41.7 Å². The van der Waals surface area contributed by atoms with Crippen LogP contribution in [0.4, 0.5) is 9.52 Å². The van der Waals surface area contributed by atoms with Crippen LogP contribution in [0, 0.1) is 5.82 Å². The van der Waals surface area contributed by atoms with Crippen molar-refractivity contribution in [1.82, 2.24) is 9.88 Å². The highest BCUT2D eigenvalue weighted by Crippen LogP contribution is 2.38. The molecule has 30 heavy (non-hydrogen) atoms. The summed E-state index contributed by atoms with van der Waals surface area (Å²) in [6, 6.07) is 7.94. The standard InChI is InChI=1S/C21H22FN3O4S/c1-27-16-10-13(11-17(28-2)19(16)29-3)20(26)24-6-8-25(9-7-24)21-23-15-5-4-14(22)12-18(15)30-21/h4-5,10-12H,6-9H2,1-3H3. The van der Waals surface area contributed by atoms with Gasteiger partial charge in [0.25, 0.3) is 5.91 Å². The number of aromatic nitrogens is 1. The molecule has 9 heteroatoms. The van der Waals surface area contributed by atoms with Gasteiger partial charge in [-0.25, -0.2) is 9.37 Å². The Kier molecular flexibility index (Phi) is 5.63. The number of nitrogens with zero attached hydrogens (tertiary/aromatic N) is 3. The average Bonchev–Trinajstić information content (AvgIpc) is 3.20. The zero-order valence-corrected chi connectivity index (χ0v) is 17.8. The molecule has 0 saturated carbocycles. The van der Waals surface area contributed by atoms with Crippen molar-refractivity contribution in [2.45, 2.75) is 0 Å². The van der Waals surface area contributed by atoms with Gasteiger partial charge in [-0.3, -0.25) is 4.79 Å². The monoisotopic (exact) mass is 431 g/mol. The van der Waals surface area contributed by atoms with Crippen LogP contribution in [-0.4, -0.2) is 63.3 Å². The lowest BCUT2D eigenvalue weighted by molar-refractivity contribution is 0.0746. The number of halogens is 1. The molecular formula is C21H22FN3O4S. The summed E-state index contributed by atoms with van der Waals surface area (Å²) in [5.41, 5.74) is 1.26. The second-order valence-electron chi connectivity index (χ2n) is 6.80. The van der Waals surface area contributed by atoms with Gasteiger partial charge in [0.15, 0.2) is 16.6 Å². The van der Waals surface area contributed by atoms with Crippen molar-refractivity contribution in [3.63, 3.8) is 0 Å². The highest BCUT2D eigenvalue weighted by atomic mass is 32.1. The van der Waals surface area contributed by atoms with Crippen LogP contribution in [0.1, 0.15) is 10.4 Å². The largest absolute Gasteiger partial charge is 0.493 e. The SMILES string of the molecule is COc1cc(C(=O)N2CCN(c3nc4ccc(F)cc4s3)CC2)cc(OC)c1OC. The molecule has 0 N–H and O–H groups in total. The number of hydrogen-bond donors (Lipinski definition) is 0. The summed E-state index contributed by atoms with van der Waals surface area (Å²) >= 11 is 1.46. The number of methoxy groups -OCH3 is 3. The van der Waals surface area contributed by atoms with E-state index >= 15 is 0 Å². The lowest BCUT2D eigenvalue weighted by atomic mass is 10.1. The highest BCUT2D eigenvalue weighted by Gasteiger charge is 2.26. The van der Waals surface area contributed by atoms with E-state index in [4.69, 9.17) is 14.2 Å². The average molecular weight is 431 g/mol. The van der Waals surface area contributed by atoms with Crippen LogP contribution in [0.5, 0.6) is 17.2 Å². The fourth-order valence-electron chi connectivity index (χ4n) is 3.51. The molecule has 1 fully saturated rings. The van der Waals surface area contributed by atoms with Gasteiger partial charge in [0.1, 0.15) is 5.82 Å². The molecule has 0 atom stereocenters. The third-order valence-electron chi connectivity index (χ3n) is 5.09. The molecule has 4 rings (SSSR count). The summed E-state index contributed by atoms with van der Waals surface area (Å²) in [5, 5.41) is 0.843. The van der Waals surface area contributed by atoms with Crippen LogP contribution in [0.2, 0.25) is 0 Å². The van der Waals surface area contributed by atoms with Gasteiger partial charge in [-0.2, -0.15) is 0 Å². The Morgan fingerprint density at radius 1 is 1.00 bits per heavy atom. The van der Waals surface area contributed by atoms with Gasteiger partial charge < -0.3 is 24.0 Å². The topological polar surface area (TPSA) is 64.1 Å². The lowest BCUT2D eigenvalue weighted by Crippen LogP contribution is -2.48. The zero-order valence-electron chi connectivity index (χ0n) is 17.0. The van der Waals surface area contributed by atoms with Gasteiger partial charge in [0.2, 0.25) is 5.75 Å². The first-order valence-corrected chi connectivity index (χ1v) is 10.3. The van der Waals surface area contributed by atoms with Crippen molar-refractivity contribution in [2.75, 3.05) is 52.4 Å². The van der Waals surface area contributed by atoms with Crippen LogP contribution < -0.4 is 19.1 Å². The normalized spacial score (nSPS) is 14.1. The Labute approximate surface area is 177 Å². The fraction of sp³-hybridized carbons (Fsp3) is 0.333. The Bertz CT molecular complexity index is 1050. The Morgan fingerprint density at radius 2 is 1.67 bits per heavy atom. The molecule has 0 radical (unpaired) electrons. The van der Waals surface area contributed by atoms with Crippen LogP contribution >= 0.6 is 11.3 Å². The first-order chi connectivity index (χ1) is 14.5. The molecule has 7 nitrogen and oxygen atoms in total. The number of carbonyl (C=O) groups excluding carboxylic acids is 1. The second-order valence-corrected chi connectivity index (χ2v) is 7.81. The fourth-order valence-corrected chi connectivity index (χ4v) is 4.55. The predicted octanol–water partition coefficient (Wildman–Crippen LogP) is 3.42. The number of amides is 1. The van der Waals surface area contributed by atoms with E-state index in [9.17, 15) is 9.18 Å². The third-order valence-corrected chi connectivity index (χ3v) is 6.17. The molecule has 1 saturated heterocycles. The quantitative estimate of drug-likeness (QED) is 0.617. The minimum atomic E-state index is -0.265. The van der Waals surface area contributed by atoms with Crippen molar-refractivity contribution in [3.8, 4) is 17.2 Å². The van der Waals surface area contributed by atoms with Crippen LogP contribution in [0.3, 0.4) is 0 Å². The second kappa shape index (κ2) is 8.35. The maximum atomic E-state index is 13.4. The molecule has 3 aromatic rings. The maximum absolute atomic E-state index is 13.4. The van der Waals surface area contributed by atoms with Crippen LogP contribution in [-0.2, 0) is 0 Å². The van der Waals surface area contributed by atoms with E-state index in [2.05, 4.69) is 9.88 Å². The van der Waals surface area contributed by atoms with Gasteiger partial charge in [0, 0.05) is 31.7 Å². The Balaban J connectivity index is 1.49. The minimum absolute atomic E-state index is 0.0970. The molecule has 1 aliphatic rings. The smallest absolute Gasteiger partial charge is 0.254 e. The number of thiazole rings is 1. The summed E-state index contributed by atoms with van der Waals surface area (Å²) in [6.45, 7) is 2.41. The van der Waals surface area contributed by atoms with E-state index in [0.29, 0.717) is 49.0 Å². The van der Waals surface area contributed by atoms with Gasteiger partial charge in [-0.05, 0) is 30.3 Å². The molecule has 0 aliphatic carbocycles. The number of benzene rings is 2. The van der Waals surface area contributed by atoms with Crippen molar-refractivity contribution in [2.24, 2.45) is 0 Å². The van der Waals surface area contributed by atoms with E-state index < -0.39 is 0 Å². The lowest BCUT2D eigenvalue weighted by Gasteiger charge is -2.34. The van der Waals surface area contributed by atoms with E-state index in [-0.39, 0.29) is 11.7 Å².